The van der Waals surface area contributed by atoms with Crippen LogP contribution in [0, 0.1) is 12.8 Å². The van der Waals surface area contributed by atoms with Crippen LogP contribution < -0.4 is 4.74 Å². The molecule has 3 aliphatic rings. The van der Waals surface area contributed by atoms with Gasteiger partial charge in [-0.25, -0.2) is 4.79 Å². The maximum atomic E-state index is 13.4. The number of ether oxygens (including phenoxy) is 2. The number of carbonyl (C=O) groups is 2. The first-order valence-corrected chi connectivity index (χ1v) is 15.2. The van der Waals surface area contributed by atoms with Crippen molar-refractivity contribution in [3.05, 3.63) is 70.8 Å². The summed E-state index contributed by atoms with van der Waals surface area (Å²) in [6, 6.07) is 13.5. The fraction of sp³-hybridized carbons (Fsp3) is 0.471. The van der Waals surface area contributed by atoms with Crippen LogP contribution in [0.1, 0.15) is 76.8 Å². The first-order valence-electron chi connectivity index (χ1n) is 15.2. The number of hydrogen-bond donors (Lipinski definition) is 6. The number of phenols is 1. The number of carboxylic acid groups (broad SMARTS) is 1. The molecule has 0 unspecified atom stereocenters. The highest BCUT2D eigenvalue weighted by atomic mass is 16.7. The predicted molar refractivity (Wildman–Crippen MR) is 159 cm³/mol. The molecule has 0 radical (unpaired) electrons. The second-order valence-corrected chi connectivity index (χ2v) is 12.6. The lowest BCUT2D eigenvalue weighted by Gasteiger charge is -2.59. The van der Waals surface area contributed by atoms with Crippen molar-refractivity contribution in [1.29, 1.82) is 0 Å². The SMILES string of the molecule is Cc1cc2cc(C(=O)O)cc(O[C@H]3O[C@@H]4[C@]5(O)CCCC[C@@H]5CC[C@@]4(O)[C@H](O)[C@H]3O)c2c(O)c1C(=O)CCc1ccccc1. The quantitative estimate of drug-likeness (QED) is 0.218. The number of hydrogen-bond acceptors (Lipinski definition) is 9. The summed E-state index contributed by atoms with van der Waals surface area (Å²) < 4.78 is 12.2. The molecule has 0 aromatic heterocycles. The number of Topliss-reactive ketones (excluding diaryl/α,β-unsaturated/α-hetero) is 1. The maximum absolute atomic E-state index is 13.4. The van der Waals surface area contributed by atoms with Crippen LogP contribution in [0.25, 0.3) is 10.8 Å². The van der Waals surface area contributed by atoms with Gasteiger partial charge in [0, 0.05) is 6.42 Å². The van der Waals surface area contributed by atoms with Crippen molar-refractivity contribution in [3.8, 4) is 11.5 Å². The maximum Gasteiger partial charge on any atom is 0.335 e. The summed E-state index contributed by atoms with van der Waals surface area (Å²) in [5, 5.41) is 67.1. The first kappa shape index (κ1) is 30.5. The summed E-state index contributed by atoms with van der Waals surface area (Å²) in [6.07, 6.45) is -2.60. The third kappa shape index (κ3) is 5.04. The Morgan fingerprint density at radius 3 is 2.48 bits per heavy atom. The molecule has 234 valence electrons. The second-order valence-electron chi connectivity index (χ2n) is 12.6. The molecule has 10 heteroatoms. The average Bonchev–Trinajstić information content (AvgIpc) is 2.99. The van der Waals surface area contributed by atoms with E-state index < -0.39 is 47.5 Å². The van der Waals surface area contributed by atoms with Gasteiger partial charge >= 0.3 is 5.97 Å². The molecule has 7 atom stereocenters. The number of rotatable bonds is 7. The number of aryl methyl sites for hydroxylation is 2. The van der Waals surface area contributed by atoms with Gasteiger partial charge in [-0.1, -0.05) is 49.2 Å². The van der Waals surface area contributed by atoms with Gasteiger partial charge in [0.05, 0.1) is 22.1 Å². The highest BCUT2D eigenvalue weighted by Crippen LogP contribution is 2.52. The average molecular weight is 607 g/mol. The number of aromatic carboxylic acids is 1. The molecule has 10 nitrogen and oxygen atoms in total. The zero-order valence-electron chi connectivity index (χ0n) is 24.5. The van der Waals surface area contributed by atoms with Crippen molar-refractivity contribution in [2.24, 2.45) is 5.92 Å². The third-order valence-corrected chi connectivity index (χ3v) is 9.90. The minimum atomic E-state index is -1.93. The van der Waals surface area contributed by atoms with Crippen LogP contribution in [0.5, 0.6) is 11.5 Å². The lowest BCUT2D eigenvalue weighted by atomic mass is 9.58. The second kappa shape index (κ2) is 11.4. The minimum Gasteiger partial charge on any atom is -0.506 e. The number of benzene rings is 3. The van der Waals surface area contributed by atoms with Crippen molar-refractivity contribution in [2.75, 3.05) is 0 Å². The molecular formula is C34H38O10. The number of aliphatic hydroxyl groups is 4. The number of ketones is 1. The molecular weight excluding hydrogens is 568 g/mol. The highest BCUT2D eigenvalue weighted by Gasteiger charge is 2.66. The van der Waals surface area contributed by atoms with Crippen LogP contribution >= 0.6 is 0 Å². The fourth-order valence-corrected chi connectivity index (χ4v) is 7.60. The molecule has 1 saturated heterocycles. The third-order valence-electron chi connectivity index (χ3n) is 9.90. The van der Waals surface area contributed by atoms with Crippen LogP contribution in [0.2, 0.25) is 0 Å². The molecule has 0 bridgehead atoms. The highest BCUT2D eigenvalue weighted by molar-refractivity contribution is 6.09. The van der Waals surface area contributed by atoms with Gasteiger partial charge in [0.15, 0.2) is 5.78 Å². The Balaban J connectivity index is 1.38. The van der Waals surface area contributed by atoms with Crippen molar-refractivity contribution in [2.45, 2.75) is 94.1 Å². The Morgan fingerprint density at radius 2 is 1.75 bits per heavy atom. The fourth-order valence-electron chi connectivity index (χ4n) is 7.60. The van der Waals surface area contributed by atoms with E-state index in [-0.39, 0.29) is 52.2 Å². The molecule has 44 heavy (non-hydrogen) atoms. The summed E-state index contributed by atoms with van der Waals surface area (Å²) in [7, 11) is 0. The van der Waals surface area contributed by atoms with Crippen LogP contribution in [-0.2, 0) is 11.2 Å². The summed E-state index contributed by atoms with van der Waals surface area (Å²) in [6.45, 7) is 1.65. The Morgan fingerprint density at radius 1 is 1.00 bits per heavy atom. The summed E-state index contributed by atoms with van der Waals surface area (Å²) in [5.74, 6) is -2.36. The van der Waals surface area contributed by atoms with Gasteiger partial charge in [-0.2, -0.15) is 0 Å². The van der Waals surface area contributed by atoms with Gasteiger partial charge in [-0.05, 0) is 73.6 Å². The molecule has 2 aliphatic carbocycles. The summed E-state index contributed by atoms with van der Waals surface area (Å²) >= 11 is 0. The molecule has 3 aromatic rings. The van der Waals surface area contributed by atoms with Crippen molar-refractivity contribution >= 4 is 22.5 Å². The van der Waals surface area contributed by atoms with Gasteiger partial charge in [-0.15, -0.1) is 0 Å². The first-order chi connectivity index (χ1) is 20.9. The number of carboxylic acids is 1. The number of aliphatic hydroxyl groups excluding tert-OH is 2. The molecule has 3 aromatic carbocycles. The number of fused-ring (bicyclic) bond motifs is 4. The van der Waals surface area contributed by atoms with Gasteiger partial charge in [0.2, 0.25) is 6.29 Å². The molecule has 0 amide bonds. The molecule has 3 fully saturated rings. The van der Waals surface area contributed by atoms with E-state index in [4.69, 9.17) is 9.47 Å². The van der Waals surface area contributed by atoms with Crippen LogP contribution in [-0.4, -0.2) is 78.2 Å². The van der Waals surface area contributed by atoms with Crippen LogP contribution in [0.3, 0.4) is 0 Å². The van der Waals surface area contributed by atoms with Gasteiger partial charge in [-0.3, -0.25) is 4.79 Å². The van der Waals surface area contributed by atoms with E-state index in [0.717, 1.165) is 24.5 Å². The standard InChI is InChI=1S/C34H38O10/c1-18-15-20-16-21(30(39)40)17-24(26(20)27(36)25(18)23(35)11-10-19-7-3-2-4-8-19)43-31-28(37)29(38)34(42)14-12-22-9-5-6-13-33(22,41)32(34)44-31/h2-4,7-8,15-17,22,28-29,31-32,36-38,41-42H,5-6,9-14H2,1H3,(H,39,40)/t22-,28-,29-,31+,32-,33+,34-/m1/s1. The van der Waals surface area contributed by atoms with Crippen molar-refractivity contribution in [3.63, 3.8) is 0 Å². The monoisotopic (exact) mass is 606 g/mol. The Kier molecular flexibility index (Phi) is 7.92. The van der Waals surface area contributed by atoms with Gasteiger partial charge in [0.1, 0.15) is 35.4 Å². The lowest BCUT2D eigenvalue weighted by Crippen LogP contribution is -2.76. The molecule has 1 heterocycles. The van der Waals surface area contributed by atoms with E-state index in [1.54, 1.807) is 13.0 Å². The molecule has 6 N–H and O–H groups in total. The molecule has 6 rings (SSSR count). The van der Waals surface area contributed by atoms with E-state index in [1.165, 1.54) is 6.07 Å². The van der Waals surface area contributed by atoms with Crippen LogP contribution in [0.15, 0.2) is 48.5 Å². The largest absolute Gasteiger partial charge is 0.506 e. The number of phenolic OH excluding ortho intramolecular Hbond substituents is 1. The van der Waals surface area contributed by atoms with Crippen molar-refractivity contribution in [1.82, 2.24) is 0 Å². The Labute approximate surface area is 254 Å². The minimum absolute atomic E-state index is 0.0349. The van der Waals surface area contributed by atoms with E-state index in [2.05, 4.69) is 0 Å². The summed E-state index contributed by atoms with van der Waals surface area (Å²) in [5.41, 5.74) is -2.10. The number of carbonyl (C=O) groups excluding carboxylic acids is 1. The van der Waals surface area contributed by atoms with Crippen molar-refractivity contribution < 1.29 is 49.7 Å². The summed E-state index contributed by atoms with van der Waals surface area (Å²) in [4.78, 5) is 25.4. The molecule has 1 aliphatic heterocycles. The Hall–Kier alpha value is -3.54. The lowest BCUT2D eigenvalue weighted by molar-refractivity contribution is -0.361. The molecule has 0 spiro atoms. The van der Waals surface area contributed by atoms with Gasteiger partial charge in [0.25, 0.3) is 0 Å². The molecule has 2 saturated carbocycles. The zero-order valence-corrected chi connectivity index (χ0v) is 24.5. The van der Waals surface area contributed by atoms with Crippen LogP contribution in [0.4, 0.5) is 0 Å². The predicted octanol–water partition coefficient (Wildman–Crippen LogP) is 3.64. The van der Waals surface area contributed by atoms with E-state index >= 15 is 0 Å². The smallest absolute Gasteiger partial charge is 0.335 e. The zero-order chi connectivity index (χ0) is 31.4. The number of aromatic hydroxyl groups is 1. The van der Waals surface area contributed by atoms with E-state index in [0.29, 0.717) is 31.2 Å². The topological polar surface area (TPSA) is 174 Å². The normalized spacial score (nSPS) is 31.6. The van der Waals surface area contributed by atoms with E-state index in [1.807, 2.05) is 30.3 Å². The van der Waals surface area contributed by atoms with Gasteiger partial charge < -0.3 is 40.1 Å². The van der Waals surface area contributed by atoms with E-state index in [9.17, 15) is 40.2 Å². The Bertz CT molecular complexity index is 1580.